The standard InChI is InChI=1S/C20H13BrN6O/c21-17-3-1-2-13-6-9-15(10-16(13)17)28-20-26-18(23)25-19(27-20)24-14-7-4-12(11-22)5-8-14/h1-10H,(H3,23,24,25,26,27). The molecule has 0 aliphatic rings. The first-order chi connectivity index (χ1) is 13.6. The molecule has 0 spiro atoms. The predicted octanol–water partition coefficient (Wildman–Crippen LogP) is 4.78. The van der Waals surface area contributed by atoms with Gasteiger partial charge in [0.15, 0.2) is 0 Å². The summed E-state index contributed by atoms with van der Waals surface area (Å²) in [6.07, 6.45) is 0. The molecule has 8 heteroatoms. The molecule has 28 heavy (non-hydrogen) atoms. The highest BCUT2D eigenvalue weighted by Gasteiger charge is 2.09. The molecule has 4 aromatic rings. The van der Waals surface area contributed by atoms with Crippen LogP contribution in [0.3, 0.4) is 0 Å². The number of hydrogen-bond acceptors (Lipinski definition) is 7. The number of ether oxygens (including phenoxy) is 1. The van der Waals surface area contributed by atoms with Crippen LogP contribution in [0, 0.1) is 11.3 Å². The summed E-state index contributed by atoms with van der Waals surface area (Å²) in [5.41, 5.74) is 7.07. The highest BCUT2D eigenvalue weighted by atomic mass is 79.9. The zero-order valence-corrected chi connectivity index (χ0v) is 16.0. The van der Waals surface area contributed by atoms with Gasteiger partial charge in [0, 0.05) is 10.2 Å². The van der Waals surface area contributed by atoms with Crippen LogP contribution in [0.15, 0.2) is 65.1 Å². The molecule has 3 N–H and O–H groups in total. The van der Waals surface area contributed by atoms with Crippen LogP contribution in [0.1, 0.15) is 5.56 Å². The first-order valence-electron chi connectivity index (χ1n) is 8.25. The van der Waals surface area contributed by atoms with Gasteiger partial charge in [-0.1, -0.05) is 34.1 Å². The molecule has 136 valence electrons. The number of aromatic nitrogens is 3. The van der Waals surface area contributed by atoms with Crippen LogP contribution in [0.25, 0.3) is 10.8 Å². The van der Waals surface area contributed by atoms with Crippen molar-refractivity contribution in [1.29, 1.82) is 5.26 Å². The number of rotatable bonds is 4. The number of hydrogen-bond donors (Lipinski definition) is 2. The molecule has 0 unspecified atom stereocenters. The molecule has 1 heterocycles. The number of nitrogens with two attached hydrogens (primary N) is 1. The van der Waals surface area contributed by atoms with Gasteiger partial charge in [0.25, 0.3) is 0 Å². The molecule has 4 rings (SSSR count). The first kappa shape index (κ1) is 17.7. The number of anilines is 3. The minimum absolute atomic E-state index is 0.0307. The fourth-order valence-corrected chi connectivity index (χ4v) is 3.11. The lowest BCUT2D eigenvalue weighted by atomic mass is 10.1. The fraction of sp³-hybridized carbons (Fsp3) is 0. The van der Waals surface area contributed by atoms with Crippen molar-refractivity contribution in [2.45, 2.75) is 0 Å². The van der Waals surface area contributed by atoms with E-state index in [0.29, 0.717) is 17.0 Å². The van der Waals surface area contributed by atoms with Gasteiger partial charge < -0.3 is 15.8 Å². The van der Waals surface area contributed by atoms with Crippen LogP contribution in [-0.4, -0.2) is 15.0 Å². The van der Waals surface area contributed by atoms with Crippen molar-refractivity contribution in [3.05, 3.63) is 70.7 Å². The lowest BCUT2D eigenvalue weighted by molar-refractivity contribution is 0.442. The van der Waals surface area contributed by atoms with Crippen molar-refractivity contribution in [3.63, 3.8) is 0 Å². The molecule has 0 saturated heterocycles. The summed E-state index contributed by atoms with van der Waals surface area (Å²) in [6, 6.07) is 20.7. The van der Waals surface area contributed by atoms with E-state index in [4.69, 9.17) is 15.7 Å². The normalized spacial score (nSPS) is 10.4. The second kappa shape index (κ2) is 7.50. The van der Waals surface area contributed by atoms with Gasteiger partial charge in [-0.3, -0.25) is 0 Å². The Kier molecular flexibility index (Phi) is 4.74. The number of nitriles is 1. The van der Waals surface area contributed by atoms with Gasteiger partial charge in [-0.25, -0.2) is 0 Å². The van der Waals surface area contributed by atoms with Gasteiger partial charge in [0.05, 0.1) is 11.6 Å². The second-order valence-corrected chi connectivity index (χ2v) is 6.69. The Labute approximate surface area is 169 Å². The molecule has 0 atom stereocenters. The molecule has 0 radical (unpaired) electrons. The first-order valence-corrected chi connectivity index (χ1v) is 9.05. The van der Waals surface area contributed by atoms with Crippen molar-refractivity contribution < 1.29 is 4.74 Å². The molecule has 0 bridgehead atoms. The van der Waals surface area contributed by atoms with Crippen LogP contribution in [0.2, 0.25) is 0 Å². The van der Waals surface area contributed by atoms with Crippen LogP contribution in [-0.2, 0) is 0 Å². The summed E-state index contributed by atoms with van der Waals surface area (Å²) < 4.78 is 6.76. The van der Waals surface area contributed by atoms with Crippen LogP contribution in [0.5, 0.6) is 11.8 Å². The van der Waals surface area contributed by atoms with E-state index in [2.05, 4.69) is 42.3 Å². The zero-order valence-electron chi connectivity index (χ0n) is 14.4. The zero-order chi connectivity index (χ0) is 19.5. The number of fused-ring (bicyclic) bond motifs is 1. The van der Waals surface area contributed by atoms with E-state index in [1.165, 1.54) is 0 Å². The average Bonchev–Trinajstić information content (AvgIpc) is 2.69. The summed E-state index contributed by atoms with van der Waals surface area (Å²) in [5.74, 6) is 0.853. The van der Waals surface area contributed by atoms with E-state index in [1.807, 2.05) is 36.4 Å². The van der Waals surface area contributed by atoms with E-state index in [1.54, 1.807) is 24.3 Å². The minimum atomic E-state index is 0.0307. The lowest BCUT2D eigenvalue weighted by Crippen LogP contribution is -2.05. The van der Waals surface area contributed by atoms with Gasteiger partial charge in [-0.05, 0) is 53.2 Å². The largest absolute Gasteiger partial charge is 0.424 e. The van der Waals surface area contributed by atoms with Gasteiger partial charge in [-0.15, -0.1) is 0 Å². The van der Waals surface area contributed by atoms with E-state index < -0.39 is 0 Å². The maximum absolute atomic E-state index is 8.87. The molecular weight excluding hydrogens is 420 g/mol. The van der Waals surface area contributed by atoms with Gasteiger partial charge in [0.1, 0.15) is 5.75 Å². The molecule has 3 aromatic carbocycles. The van der Waals surface area contributed by atoms with Gasteiger partial charge >= 0.3 is 6.01 Å². The van der Waals surface area contributed by atoms with Crippen LogP contribution < -0.4 is 15.8 Å². The van der Waals surface area contributed by atoms with Crippen molar-refractivity contribution >= 4 is 44.3 Å². The summed E-state index contributed by atoms with van der Waals surface area (Å²) in [6.45, 7) is 0. The van der Waals surface area contributed by atoms with Crippen molar-refractivity contribution in [2.24, 2.45) is 0 Å². The molecule has 0 aliphatic heterocycles. The van der Waals surface area contributed by atoms with E-state index in [-0.39, 0.29) is 17.9 Å². The lowest BCUT2D eigenvalue weighted by Gasteiger charge is -2.09. The second-order valence-electron chi connectivity index (χ2n) is 5.84. The highest BCUT2D eigenvalue weighted by Crippen LogP contribution is 2.29. The smallest absolute Gasteiger partial charge is 0.328 e. The fourth-order valence-electron chi connectivity index (χ4n) is 2.61. The number of nitrogens with one attached hydrogen (secondary N) is 1. The molecule has 0 fully saturated rings. The highest BCUT2D eigenvalue weighted by molar-refractivity contribution is 9.10. The number of halogens is 1. The van der Waals surface area contributed by atoms with Crippen LogP contribution in [0.4, 0.5) is 17.6 Å². The third-order valence-corrected chi connectivity index (χ3v) is 4.60. The molecule has 1 aromatic heterocycles. The Bertz CT molecular complexity index is 1200. The van der Waals surface area contributed by atoms with Crippen molar-refractivity contribution in [1.82, 2.24) is 15.0 Å². The van der Waals surface area contributed by atoms with Crippen LogP contribution >= 0.6 is 15.9 Å². The van der Waals surface area contributed by atoms with Gasteiger partial charge in [-0.2, -0.15) is 20.2 Å². The SMILES string of the molecule is N#Cc1ccc(Nc2nc(N)nc(Oc3ccc4cccc(Br)c4c3)n2)cc1. The monoisotopic (exact) mass is 432 g/mol. The average molecular weight is 433 g/mol. The summed E-state index contributed by atoms with van der Waals surface area (Å²) in [4.78, 5) is 12.4. The van der Waals surface area contributed by atoms with Crippen molar-refractivity contribution in [3.8, 4) is 17.8 Å². The van der Waals surface area contributed by atoms with E-state index in [9.17, 15) is 0 Å². The minimum Gasteiger partial charge on any atom is -0.424 e. The van der Waals surface area contributed by atoms with Crippen molar-refractivity contribution in [2.75, 3.05) is 11.1 Å². The Morgan fingerprint density at radius 2 is 1.82 bits per heavy atom. The topological polar surface area (TPSA) is 110 Å². The third-order valence-electron chi connectivity index (χ3n) is 3.91. The summed E-state index contributed by atoms with van der Waals surface area (Å²) >= 11 is 3.54. The van der Waals surface area contributed by atoms with Gasteiger partial charge in [0.2, 0.25) is 11.9 Å². The maximum atomic E-state index is 8.87. The molecule has 0 aliphatic carbocycles. The molecule has 7 nitrogen and oxygen atoms in total. The molecular formula is C20H13BrN6O. The molecule has 0 saturated carbocycles. The van der Waals surface area contributed by atoms with E-state index >= 15 is 0 Å². The molecule has 0 amide bonds. The quantitative estimate of drug-likeness (QED) is 0.477. The van der Waals surface area contributed by atoms with E-state index in [0.717, 1.165) is 15.2 Å². The number of nitrogens with zero attached hydrogens (tertiary/aromatic N) is 4. The maximum Gasteiger partial charge on any atom is 0.328 e. The predicted molar refractivity (Wildman–Crippen MR) is 110 cm³/mol. The summed E-state index contributed by atoms with van der Waals surface area (Å²) in [5, 5.41) is 14.0. The number of nitrogen functional groups attached to an aromatic ring is 1. The Morgan fingerprint density at radius 3 is 2.61 bits per heavy atom. The Hall–Kier alpha value is -3.70. The third kappa shape index (κ3) is 3.84. The summed E-state index contributed by atoms with van der Waals surface area (Å²) in [7, 11) is 0. The number of benzene rings is 3. The Balaban J connectivity index is 1.60. The Morgan fingerprint density at radius 1 is 1.00 bits per heavy atom.